The number of fused-ring (bicyclic) bond motifs is 4. The van der Waals surface area contributed by atoms with E-state index in [2.05, 4.69) is 79.0 Å². The molecule has 10 N–H and O–H groups in total. The number of aliphatic imine (C=N–C) groups is 1. The van der Waals surface area contributed by atoms with E-state index >= 15 is 0 Å². The van der Waals surface area contributed by atoms with E-state index in [1.165, 1.54) is 30.4 Å². The molecule has 7 aromatic rings. The van der Waals surface area contributed by atoms with E-state index in [1.807, 2.05) is 48.5 Å². The van der Waals surface area contributed by atoms with Crippen molar-refractivity contribution in [2.24, 2.45) is 4.99 Å². The summed E-state index contributed by atoms with van der Waals surface area (Å²) in [5.74, 6) is 0.0153. The molecule has 88 heavy (non-hydrogen) atoms. The van der Waals surface area contributed by atoms with Gasteiger partial charge in [0.25, 0.3) is 0 Å². The van der Waals surface area contributed by atoms with Gasteiger partial charge in [0.15, 0.2) is 5.11 Å². The van der Waals surface area contributed by atoms with Crippen LogP contribution in [0.15, 0.2) is 114 Å². The number of nitrogens with two attached hydrogens (primary N) is 3. The quantitative estimate of drug-likeness (QED) is 0.0293. The van der Waals surface area contributed by atoms with Crippen molar-refractivity contribution < 1.29 is 80.4 Å². The highest BCUT2D eigenvalue weighted by Gasteiger charge is 2.42. The molecular formula is C59H51F18N9S2. The van der Waals surface area contributed by atoms with Crippen molar-refractivity contribution in [3.63, 3.8) is 0 Å². The fraction of sp³-hybridized carbons (Fsp3) is 0.305. The van der Waals surface area contributed by atoms with Gasteiger partial charge >= 0.3 is 37.1 Å². The second kappa shape index (κ2) is 27.9. The molecule has 1 heterocycles. The lowest BCUT2D eigenvalue weighted by Crippen LogP contribution is -2.35. The number of hydrogen-bond acceptors (Lipinski definition) is 8. The zero-order valence-electron chi connectivity index (χ0n) is 46.3. The van der Waals surface area contributed by atoms with Gasteiger partial charge in [-0.05, 0) is 152 Å². The van der Waals surface area contributed by atoms with Crippen molar-refractivity contribution in [2.75, 3.05) is 27.8 Å². The normalized spacial score (nSPS) is 16.6. The Kier molecular flexibility index (Phi) is 21.3. The van der Waals surface area contributed by atoms with E-state index in [9.17, 15) is 79.0 Å². The van der Waals surface area contributed by atoms with Gasteiger partial charge in [-0.15, -0.1) is 12.8 Å². The highest BCUT2D eigenvalue weighted by atomic mass is 32.1. The van der Waals surface area contributed by atoms with E-state index in [-0.39, 0.29) is 52.9 Å². The van der Waals surface area contributed by atoms with Gasteiger partial charge in [0.1, 0.15) is 6.89 Å². The molecule has 3 atom stereocenters. The molecule has 0 amide bonds. The number of halogens is 18. The van der Waals surface area contributed by atoms with Crippen molar-refractivity contribution in [3.05, 3.63) is 176 Å². The third-order valence-corrected chi connectivity index (χ3v) is 14.3. The third kappa shape index (κ3) is 17.5. The summed E-state index contributed by atoms with van der Waals surface area (Å²) in [4.78, 5) is 10.7. The summed E-state index contributed by atoms with van der Waals surface area (Å²) in [6, 6.07) is 25.2. The molecule has 470 valence electrons. The number of isothiocyanates is 1. The number of nitrogens with zero attached hydrogens (tertiary/aromatic N) is 2. The Morgan fingerprint density at radius 1 is 0.568 bits per heavy atom. The first-order valence-electron chi connectivity index (χ1n) is 26.6. The van der Waals surface area contributed by atoms with E-state index in [1.54, 1.807) is 0 Å². The smallest absolute Gasteiger partial charge is 0.397 e. The molecule has 0 spiro atoms. The standard InChI is InChI=1S/C19H17F6N3S.C19H15F6N3.C11H11NS.C8H6F6N2.C2H2/c20-18(21,22)11-8-13(19(23,24)25)16(14(26)9-11)28-17(29)27-15-7-3-5-10-4-1-2-6-12(10)15;20-18(21,22)11-8-13(19(23,24)25)16-15(9-11)27-17(28-16)26-14-7-3-5-10-4-1-2-6-12(10)14;13-8-12-11-7-3-5-9-4-1-2-6-10(9)11;9-7(10,11)3-1-4(8(12,13)14)6(16)5(15)2-3;1-2/h1-2,4,6,8-9,15H,3,5,7,26H2,(H2,27,28,29);1-2,4,6,8-9,14H,3,5,7H2,(H2,26,27,28);1-2,4,6,11H,3,5,7H2;1-2H,15-16H2;1-2H/i;;;;1D. The Labute approximate surface area is 503 Å². The van der Waals surface area contributed by atoms with E-state index in [0.29, 0.717) is 24.6 Å². The fourth-order valence-electron chi connectivity index (χ4n) is 10.0. The molecule has 0 bridgehead atoms. The number of alkyl halides is 18. The molecule has 29 heteroatoms. The molecule has 1 aromatic heterocycles. The third-order valence-electron chi connectivity index (χ3n) is 14.0. The average molecular weight is 1290 g/mol. The number of H-pyrrole nitrogens is 1. The maximum Gasteiger partial charge on any atom is 0.418 e. The van der Waals surface area contributed by atoms with E-state index in [4.69, 9.17) is 30.8 Å². The molecule has 0 fully saturated rings. The first-order valence-corrected chi connectivity index (χ1v) is 26.9. The number of nitrogens with one attached hydrogen (secondary N) is 4. The number of nitrogen functional groups attached to an aromatic ring is 3. The molecule has 9 nitrogen and oxygen atoms in total. The van der Waals surface area contributed by atoms with Crippen molar-refractivity contribution in [1.29, 1.82) is 0 Å². The van der Waals surface area contributed by atoms with Crippen LogP contribution in [-0.4, -0.2) is 20.2 Å². The highest BCUT2D eigenvalue weighted by Crippen LogP contribution is 2.45. The molecule has 3 aliphatic carbocycles. The molecule has 0 saturated carbocycles. The first-order chi connectivity index (χ1) is 41.5. The van der Waals surface area contributed by atoms with Crippen LogP contribution in [0, 0.1) is 12.8 Å². The van der Waals surface area contributed by atoms with Gasteiger partial charge in [-0.1, -0.05) is 72.8 Å². The minimum atomic E-state index is -5.05. The lowest BCUT2D eigenvalue weighted by Gasteiger charge is -2.28. The van der Waals surface area contributed by atoms with Gasteiger partial charge in [0.2, 0.25) is 5.95 Å². The molecule has 0 saturated heterocycles. The van der Waals surface area contributed by atoms with Crippen LogP contribution in [0.2, 0.25) is 0 Å². The van der Waals surface area contributed by atoms with Crippen LogP contribution < -0.4 is 33.2 Å². The number of aromatic nitrogens is 2. The SMILES string of the molecule is FC(F)(F)c1cc(C(F)(F)F)c2nc(NC3CCCc4ccccc43)[nH]c2c1.Nc1cc(C(F)(F)F)cc(C(F)(F)F)c1N.Nc1cc(C(F)(F)F)cc(C(F)(F)F)c1NC(=S)NC1CCCc2ccccc21.S=C=NC1CCCc2ccccc21.[2H]C#C. The summed E-state index contributed by atoms with van der Waals surface area (Å²) >= 11 is 9.77. The van der Waals surface area contributed by atoms with Gasteiger partial charge < -0.3 is 38.1 Å². The number of terminal acetylenes is 1. The Balaban J connectivity index is 0.000000195. The number of aromatic amines is 1. The van der Waals surface area contributed by atoms with Crippen molar-refractivity contribution in [1.82, 2.24) is 15.3 Å². The molecule has 0 radical (unpaired) electrons. The van der Waals surface area contributed by atoms with Crippen LogP contribution in [0.3, 0.4) is 0 Å². The number of thiocarbonyl (C=S) groups is 2. The predicted molar refractivity (Wildman–Crippen MR) is 306 cm³/mol. The fourth-order valence-corrected chi connectivity index (χ4v) is 10.4. The average Bonchev–Trinajstić information content (AvgIpc) is 1.78. The van der Waals surface area contributed by atoms with Gasteiger partial charge in [-0.2, -0.15) is 79.0 Å². The number of benzene rings is 6. The van der Waals surface area contributed by atoms with Gasteiger partial charge in [0.05, 0.1) is 84.9 Å². The van der Waals surface area contributed by atoms with E-state index < -0.39 is 98.7 Å². The summed E-state index contributed by atoms with van der Waals surface area (Å²) in [5.41, 5.74) is 9.75. The summed E-state index contributed by atoms with van der Waals surface area (Å²) in [5, 5.41) is 10.7. The number of aryl methyl sites for hydroxylation is 3. The van der Waals surface area contributed by atoms with Gasteiger partial charge in [-0.25, -0.2) is 9.98 Å². The molecule has 3 unspecified atom stereocenters. The summed E-state index contributed by atoms with van der Waals surface area (Å²) in [6.45, 7) is 0. The first kappa shape index (κ1) is 67.3. The van der Waals surface area contributed by atoms with Crippen LogP contribution in [0.25, 0.3) is 11.0 Å². The zero-order valence-corrected chi connectivity index (χ0v) is 46.9. The lowest BCUT2D eigenvalue weighted by molar-refractivity contribution is -0.144. The number of rotatable bonds is 5. The van der Waals surface area contributed by atoms with E-state index in [0.717, 1.165) is 60.8 Å². The van der Waals surface area contributed by atoms with Gasteiger partial charge in [0, 0.05) is 0 Å². The molecule has 0 aliphatic heterocycles. The monoisotopic (exact) mass is 1290 g/mol. The van der Waals surface area contributed by atoms with Crippen molar-refractivity contribution >= 4 is 74.4 Å². The van der Waals surface area contributed by atoms with Crippen LogP contribution in [-0.2, 0) is 56.3 Å². The molecule has 10 rings (SSSR count). The minimum absolute atomic E-state index is 0.0153. The topological polar surface area (TPSA) is 155 Å². The predicted octanol–water partition coefficient (Wildman–Crippen LogP) is 18.1. The highest BCUT2D eigenvalue weighted by molar-refractivity contribution is 7.80. The Bertz CT molecular complexity index is 3710. The van der Waals surface area contributed by atoms with Crippen LogP contribution in [0.1, 0.15) is 125 Å². The molecule has 6 aromatic carbocycles. The van der Waals surface area contributed by atoms with Crippen molar-refractivity contribution in [2.45, 2.75) is 113 Å². The van der Waals surface area contributed by atoms with Gasteiger partial charge in [-0.3, -0.25) is 0 Å². The summed E-state index contributed by atoms with van der Waals surface area (Å²) in [6.07, 6.45) is -15.5. The lowest BCUT2D eigenvalue weighted by atomic mass is 9.88. The van der Waals surface area contributed by atoms with Crippen LogP contribution in [0.5, 0.6) is 0 Å². The number of imidazole rings is 1. The summed E-state index contributed by atoms with van der Waals surface area (Å²) < 4.78 is 237. The second-order valence-electron chi connectivity index (χ2n) is 19.9. The number of anilines is 5. The number of hydrogen-bond donors (Lipinski definition) is 7. The maximum absolute atomic E-state index is 13.4. The van der Waals surface area contributed by atoms with Crippen LogP contribution in [0.4, 0.5) is 108 Å². The Hall–Kier alpha value is -8.22. The van der Waals surface area contributed by atoms with Crippen LogP contribution >= 0.6 is 24.4 Å². The minimum Gasteiger partial charge on any atom is -0.397 e. The van der Waals surface area contributed by atoms with Crippen molar-refractivity contribution in [3.8, 4) is 12.8 Å². The molecule has 3 aliphatic rings. The summed E-state index contributed by atoms with van der Waals surface area (Å²) in [7, 11) is 0. The molecular weight excluding hydrogens is 1240 g/mol. The second-order valence-corrected chi connectivity index (χ2v) is 20.5. The maximum atomic E-state index is 13.4. The Morgan fingerprint density at radius 3 is 1.49 bits per heavy atom. The zero-order chi connectivity index (χ0) is 66.0. The largest absolute Gasteiger partial charge is 0.418 e. The Morgan fingerprint density at radius 2 is 0.989 bits per heavy atom.